The van der Waals surface area contributed by atoms with Gasteiger partial charge in [-0.15, -0.1) is 0 Å². The van der Waals surface area contributed by atoms with Gasteiger partial charge in [-0.3, -0.25) is 4.79 Å². The van der Waals surface area contributed by atoms with Gasteiger partial charge < -0.3 is 5.32 Å². The lowest BCUT2D eigenvalue weighted by atomic mass is 10.0. The zero-order chi connectivity index (χ0) is 21.2. The van der Waals surface area contributed by atoms with Gasteiger partial charge in [-0.25, -0.2) is 4.98 Å². The van der Waals surface area contributed by atoms with Crippen LogP contribution in [-0.4, -0.2) is 20.7 Å². The van der Waals surface area contributed by atoms with E-state index in [0.29, 0.717) is 11.4 Å². The number of para-hydroxylation sites is 1. The Labute approximate surface area is 184 Å². The number of aromatic nitrogens is 3. The molecule has 1 N–H and O–H groups in total. The van der Waals surface area contributed by atoms with E-state index in [1.54, 1.807) is 16.0 Å². The molecule has 0 atom stereocenters. The second kappa shape index (κ2) is 8.16. The number of carbonyl (C=O) groups excluding carboxylic acids is 1. The van der Waals surface area contributed by atoms with Crippen molar-refractivity contribution in [1.29, 1.82) is 0 Å². The first-order valence-electron chi connectivity index (χ1n) is 10.0. The Morgan fingerprint density at radius 3 is 2.42 bits per heavy atom. The number of fused-ring (bicyclic) bond motifs is 1. The lowest BCUT2D eigenvalue weighted by molar-refractivity contribution is 0.102. The SMILES string of the molecule is Cc1cc(NC(=O)c2ccc(Cc3ccccc3)cc2)n(-c2nc3ccccc3s2)n1. The van der Waals surface area contributed by atoms with Gasteiger partial charge in [-0.1, -0.05) is 65.9 Å². The number of nitrogens with zero attached hydrogens (tertiary/aromatic N) is 3. The highest BCUT2D eigenvalue weighted by Gasteiger charge is 2.15. The second-order valence-electron chi connectivity index (χ2n) is 7.36. The van der Waals surface area contributed by atoms with Crippen LogP contribution in [0.4, 0.5) is 5.82 Å². The van der Waals surface area contributed by atoms with Crippen molar-refractivity contribution >= 4 is 33.3 Å². The minimum Gasteiger partial charge on any atom is -0.306 e. The molecule has 5 rings (SSSR count). The third kappa shape index (κ3) is 4.11. The summed E-state index contributed by atoms with van der Waals surface area (Å²) < 4.78 is 2.78. The minimum absolute atomic E-state index is 0.173. The molecule has 1 amide bonds. The highest BCUT2D eigenvalue weighted by atomic mass is 32.1. The van der Waals surface area contributed by atoms with E-state index in [9.17, 15) is 4.79 Å². The van der Waals surface area contributed by atoms with Gasteiger partial charge in [0.15, 0.2) is 0 Å². The van der Waals surface area contributed by atoms with Gasteiger partial charge in [0.25, 0.3) is 5.91 Å². The van der Waals surface area contributed by atoms with E-state index in [1.807, 2.05) is 79.7 Å². The topological polar surface area (TPSA) is 59.8 Å². The summed E-state index contributed by atoms with van der Waals surface area (Å²) in [6, 6.07) is 27.8. The molecular weight excluding hydrogens is 404 g/mol. The van der Waals surface area contributed by atoms with Gasteiger partial charge in [0.1, 0.15) is 5.82 Å². The molecule has 3 aromatic carbocycles. The van der Waals surface area contributed by atoms with Crippen LogP contribution in [0.5, 0.6) is 0 Å². The van der Waals surface area contributed by atoms with Gasteiger partial charge >= 0.3 is 0 Å². The minimum atomic E-state index is -0.173. The van der Waals surface area contributed by atoms with Crippen molar-refractivity contribution in [2.75, 3.05) is 5.32 Å². The van der Waals surface area contributed by atoms with Gasteiger partial charge in [0, 0.05) is 11.6 Å². The Morgan fingerprint density at radius 1 is 0.935 bits per heavy atom. The molecule has 0 saturated heterocycles. The van der Waals surface area contributed by atoms with Gasteiger partial charge in [-0.2, -0.15) is 9.78 Å². The summed E-state index contributed by atoms with van der Waals surface area (Å²) in [5, 5.41) is 8.25. The van der Waals surface area contributed by atoms with Crippen LogP contribution in [0.2, 0.25) is 0 Å². The molecule has 0 aliphatic carbocycles. The quantitative estimate of drug-likeness (QED) is 0.398. The van der Waals surface area contributed by atoms with Crippen LogP contribution >= 0.6 is 11.3 Å². The van der Waals surface area contributed by atoms with E-state index in [4.69, 9.17) is 0 Å². The van der Waals surface area contributed by atoms with Crippen molar-refractivity contribution in [3.8, 4) is 5.13 Å². The maximum atomic E-state index is 12.9. The smallest absolute Gasteiger partial charge is 0.256 e. The van der Waals surface area contributed by atoms with Crippen LogP contribution in [0.3, 0.4) is 0 Å². The molecule has 6 heteroatoms. The van der Waals surface area contributed by atoms with Crippen LogP contribution < -0.4 is 5.32 Å². The third-order valence-corrected chi connectivity index (χ3v) is 6.02. The Bertz CT molecular complexity index is 1320. The molecule has 0 radical (unpaired) electrons. The lowest BCUT2D eigenvalue weighted by Gasteiger charge is -2.07. The predicted molar refractivity (Wildman–Crippen MR) is 125 cm³/mol. The standard InChI is InChI=1S/C25H20N4OS/c1-17-15-23(29(28-17)25-26-21-9-5-6-10-22(21)31-25)27-24(30)20-13-11-19(12-14-20)16-18-7-3-2-4-8-18/h2-15H,16H2,1H3,(H,27,30). The van der Waals surface area contributed by atoms with E-state index < -0.39 is 0 Å². The van der Waals surface area contributed by atoms with Crippen molar-refractivity contribution in [3.63, 3.8) is 0 Å². The Balaban J connectivity index is 1.36. The van der Waals surface area contributed by atoms with Gasteiger partial charge in [0.2, 0.25) is 5.13 Å². The Morgan fingerprint density at radius 2 is 1.65 bits per heavy atom. The number of carbonyl (C=O) groups is 1. The van der Waals surface area contributed by atoms with Crippen LogP contribution in [0, 0.1) is 6.92 Å². The summed E-state index contributed by atoms with van der Waals surface area (Å²) in [6.07, 6.45) is 0.840. The van der Waals surface area contributed by atoms with E-state index in [2.05, 4.69) is 27.5 Å². The average Bonchev–Trinajstić information content (AvgIpc) is 3.38. The molecule has 2 aromatic heterocycles. The molecule has 0 aliphatic rings. The zero-order valence-corrected chi connectivity index (χ0v) is 17.8. The second-order valence-corrected chi connectivity index (χ2v) is 8.37. The molecule has 0 spiro atoms. The molecule has 152 valence electrons. The van der Waals surface area contributed by atoms with Crippen molar-refractivity contribution in [3.05, 3.63) is 107 Å². The molecule has 31 heavy (non-hydrogen) atoms. The predicted octanol–water partition coefficient (Wildman–Crippen LogP) is 5.63. The Kier molecular flexibility index (Phi) is 5.06. The lowest BCUT2D eigenvalue weighted by Crippen LogP contribution is -2.15. The van der Waals surface area contributed by atoms with Crippen molar-refractivity contribution in [2.45, 2.75) is 13.3 Å². The molecule has 2 heterocycles. The fraction of sp³-hybridized carbons (Fsp3) is 0.0800. The van der Waals surface area contributed by atoms with Crippen molar-refractivity contribution in [1.82, 2.24) is 14.8 Å². The van der Waals surface area contributed by atoms with Crippen molar-refractivity contribution < 1.29 is 4.79 Å². The Hall–Kier alpha value is -3.77. The maximum absolute atomic E-state index is 12.9. The number of hydrogen-bond acceptors (Lipinski definition) is 4. The van der Waals surface area contributed by atoms with E-state index >= 15 is 0 Å². The average molecular weight is 425 g/mol. The summed E-state index contributed by atoms with van der Waals surface area (Å²) in [4.78, 5) is 17.5. The van der Waals surface area contributed by atoms with Gasteiger partial charge in [0.05, 0.1) is 15.9 Å². The van der Waals surface area contributed by atoms with Gasteiger partial charge in [-0.05, 0) is 48.7 Å². The summed E-state index contributed by atoms with van der Waals surface area (Å²) in [5.41, 5.74) is 4.74. The van der Waals surface area contributed by atoms with Crippen LogP contribution in [0.1, 0.15) is 27.2 Å². The van der Waals surface area contributed by atoms with E-state index in [-0.39, 0.29) is 5.91 Å². The fourth-order valence-corrected chi connectivity index (χ4v) is 4.41. The largest absolute Gasteiger partial charge is 0.306 e. The first kappa shape index (κ1) is 19.2. The number of hydrogen-bond donors (Lipinski definition) is 1. The fourth-order valence-electron chi connectivity index (χ4n) is 3.48. The van der Waals surface area contributed by atoms with Crippen LogP contribution in [0.15, 0.2) is 84.9 Å². The zero-order valence-electron chi connectivity index (χ0n) is 16.9. The number of amides is 1. The first-order chi connectivity index (χ1) is 15.2. The number of thiazole rings is 1. The van der Waals surface area contributed by atoms with Crippen LogP contribution in [-0.2, 0) is 6.42 Å². The molecule has 0 saturated carbocycles. The monoisotopic (exact) mass is 424 g/mol. The summed E-state index contributed by atoms with van der Waals surface area (Å²) in [5.74, 6) is 0.434. The molecule has 5 aromatic rings. The number of nitrogens with one attached hydrogen (secondary N) is 1. The molecule has 5 nitrogen and oxygen atoms in total. The number of rotatable bonds is 5. The number of benzene rings is 3. The highest BCUT2D eigenvalue weighted by molar-refractivity contribution is 7.20. The summed E-state index contributed by atoms with van der Waals surface area (Å²) in [7, 11) is 0. The molecule has 0 bridgehead atoms. The summed E-state index contributed by atoms with van der Waals surface area (Å²) >= 11 is 1.54. The van der Waals surface area contributed by atoms with Crippen molar-refractivity contribution in [2.24, 2.45) is 0 Å². The number of anilines is 1. The molecule has 0 unspecified atom stereocenters. The van der Waals surface area contributed by atoms with E-state index in [1.165, 1.54) is 5.56 Å². The molecular formula is C25H20N4OS. The molecule has 0 aliphatic heterocycles. The maximum Gasteiger partial charge on any atom is 0.256 e. The normalized spacial score (nSPS) is 11.0. The summed E-state index contributed by atoms with van der Waals surface area (Å²) in [6.45, 7) is 1.90. The molecule has 0 fully saturated rings. The van der Waals surface area contributed by atoms with Crippen LogP contribution in [0.25, 0.3) is 15.3 Å². The number of aryl methyl sites for hydroxylation is 1. The third-order valence-electron chi connectivity index (χ3n) is 5.00. The van der Waals surface area contributed by atoms with E-state index in [0.717, 1.165) is 33.0 Å². The first-order valence-corrected chi connectivity index (χ1v) is 10.8. The highest BCUT2D eigenvalue weighted by Crippen LogP contribution is 2.27.